The topological polar surface area (TPSA) is 70.0 Å². The minimum atomic E-state index is -4.25. The van der Waals surface area contributed by atoms with Crippen LogP contribution in [0, 0.1) is 0 Å². The standard InChI is InChI=1S/C17H15Cl3N2O3S/c1-10(26(23,24)25)15-9-17(11-2-4-12(18)5-3-11)22(21-15)16-7-6-13(19)8-14(16)20/h2-8,10,17H,9H2,1H3,(H,23,24,25). The lowest BCUT2D eigenvalue weighted by atomic mass is 10.0. The Bertz CT molecular complexity index is 962. The van der Waals surface area contributed by atoms with Gasteiger partial charge in [-0.15, -0.1) is 0 Å². The number of anilines is 1. The molecular weight excluding hydrogens is 419 g/mol. The molecule has 1 aliphatic heterocycles. The van der Waals surface area contributed by atoms with Gasteiger partial charge in [0.05, 0.1) is 22.5 Å². The zero-order valence-corrected chi connectivity index (χ0v) is 16.7. The van der Waals surface area contributed by atoms with Gasteiger partial charge in [-0.2, -0.15) is 13.5 Å². The normalized spacial score (nSPS) is 18.7. The van der Waals surface area contributed by atoms with E-state index in [2.05, 4.69) is 5.10 Å². The highest BCUT2D eigenvalue weighted by Crippen LogP contribution is 2.40. The summed E-state index contributed by atoms with van der Waals surface area (Å²) in [6.45, 7) is 1.40. The van der Waals surface area contributed by atoms with Crippen LogP contribution in [0.25, 0.3) is 0 Å². The van der Waals surface area contributed by atoms with Crippen molar-refractivity contribution in [1.29, 1.82) is 0 Å². The van der Waals surface area contributed by atoms with Crippen molar-refractivity contribution in [3.63, 3.8) is 0 Å². The van der Waals surface area contributed by atoms with Crippen LogP contribution in [-0.2, 0) is 10.1 Å². The minimum Gasteiger partial charge on any atom is -0.285 e. The van der Waals surface area contributed by atoms with Crippen molar-refractivity contribution in [3.05, 3.63) is 63.1 Å². The Labute approximate surface area is 166 Å². The maximum Gasteiger partial charge on any atom is 0.273 e. The van der Waals surface area contributed by atoms with E-state index < -0.39 is 15.4 Å². The maximum atomic E-state index is 11.6. The number of hydrazone groups is 1. The largest absolute Gasteiger partial charge is 0.285 e. The second-order valence-corrected chi connectivity index (χ2v) is 8.98. The molecule has 5 nitrogen and oxygen atoms in total. The summed E-state index contributed by atoms with van der Waals surface area (Å²) < 4.78 is 32.5. The average Bonchev–Trinajstić information content (AvgIpc) is 2.98. The molecule has 9 heteroatoms. The summed E-state index contributed by atoms with van der Waals surface area (Å²) in [5.41, 5.74) is 1.83. The Morgan fingerprint density at radius 1 is 1.12 bits per heavy atom. The molecule has 0 aromatic heterocycles. The number of halogens is 3. The lowest BCUT2D eigenvalue weighted by Gasteiger charge is -2.25. The first-order valence-electron chi connectivity index (χ1n) is 7.70. The Morgan fingerprint density at radius 2 is 1.73 bits per heavy atom. The molecule has 0 radical (unpaired) electrons. The van der Waals surface area contributed by atoms with Gasteiger partial charge in [0.15, 0.2) is 0 Å². The summed E-state index contributed by atoms with van der Waals surface area (Å²) in [5.74, 6) is 0. The molecule has 0 bridgehead atoms. The van der Waals surface area contributed by atoms with Crippen molar-refractivity contribution in [3.8, 4) is 0 Å². The fraction of sp³-hybridized carbons (Fsp3) is 0.235. The number of benzene rings is 2. The van der Waals surface area contributed by atoms with Crippen molar-refractivity contribution in [2.24, 2.45) is 5.10 Å². The van der Waals surface area contributed by atoms with Crippen molar-refractivity contribution < 1.29 is 13.0 Å². The summed E-state index contributed by atoms with van der Waals surface area (Å²) in [4.78, 5) is 0. The quantitative estimate of drug-likeness (QED) is 0.670. The van der Waals surface area contributed by atoms with Gasteiger partial charge in [0.1, 0.15) is 5.25 Å². The molecule has 26 heavy (non-hydrogen) atoms. The van der Waals surface area contributed by atoms with E-state index in [9.17, 15) is 13.0 Å². The van der Waals surface area contributed by atoms with Crippen LogP contribution in [0.4, 0.5) is 5.69 Å². The third kappa shape index (κ3) is 4.00. The van der Waals surface area contributed by atoms with Crippen LogP contribution in [0.5, 0.6) is 0 Å². The molecule has 0 spiro atoms. The summed E-state index contributed by atoms with van der Waals surface area (Å²) in [6, 6.07) is 11.9. The molecule has 1 aliphatic rings. The molecule has 2 aromatic carbocycles. The van der Waals surface area contributed by atoms with Crippen LogP contribution in [0.2, 0.25) is 15.1 Å². The first-order chi connectivity index (χ1) is 12.2. The van der Waals surface area contributed by atoms with Gasteiger partial charge in [0.2, 0.25) is 0 Å². The molecule has 2 unspecified atom stereocenters. The zero-order valence-electron chi connectivity index (χ0n) is 13.6. The van der Waals surface area contributed by atoms with Gasteiger partial charge in [-0.3, -0.25) is 9.56 Å². The van der Waals surface area contributed by atoms with Crippen molar-refractivity contribution in [1.82, 2.24) is 0 Å². The average molecular weight is 434 g/mol. The van der Waals surface area contributed by atoms with Crippen LogP contribution in [-0.4, -0.2) is 23.9 Å². The van der Waals surface area contributed by atoms with E-state index in [-0.39, 0.29) is 6.04 Å². The smallest absolute Gasteiger partial charge is 0.273 e. The number of hydrogen-bond acceptors (Lipinski definition) is 4. The Hall–Kier alpha value is -1.31. The predicted molar refractivity (Wildman–Crippen MR) is 106 cm³/mol. The molecule has 2 atom stereocenters. The monoisotopic (exact) mass is 432 g/mol. The Morgan fingerprint density at radius 3 is 2.31 bits per heavy atom. The minimum absolute atomic E-state index is 0.287. The van der Waals surface area contributed by atoms with Crippen LogP contribution < -0.4 is 5.01 Å². The van der Waals surface area contributed by atoms with Gasteiger partial charge in [-0.05, 0) is 42.8 Å². The summed E-state index contributed by atoms with van der Waals surface area (Å²) in [5, 5.41) is 6.45. The summed E-state index contributed by atoms with van der Waals surface area (Å²) >= 11 is 18.3. The maximum absolute atomic E-state index is 11.6. The molecule has 1 N–H and O–H groups in total. The fourth-order valence-corrected chi connectivity index (χ4v) is 3.89. The predicted octanol–water partition coefficient (Wildman–Crippen LogP) is 5.23. The van der Waals surface area contributed by atoms with Crippen LogP contribution in [0.15, 0.2) is 47.6 Å². The van der Waals surface area contributed by atoms with Crippen LogP contribution >= 0.6 is 34.8 Å². The first kappa shape index (κ1) is 19.5. The third-order valence-electron chi connectivity index (χ3n) is 4.26. The highest BCUT2D eigenvalue weighted by atomic mass is 35.5. The molecule has 2 aromatic rings. The van der Waals surface area contributed by atoms with Gasteiger partial charge >= 0.3 is 0 Å². The summed E-state index contributed by atoms with van der Waals surface area (Å²) in [7, 11) is -4.25. The number of nitrogens with zero attached hydrogens (tertiary/aromatic N) is 2. The van der Waals surface area contributed by atoms with Gasteiger partial charge in [0, 0.05) is 16.5 Å². The van der Waals surface area contributed by atoms with E-state index >= 15 is 0 Å². The molecule has 0 fully saturated rings. The number of hydrogen-bond donors (Lipinski definition) is 1. The van der Waals surface area contributed by atoms with E-state index in [1.807, 2.05) is 12.1 Å². The molecule has 138 valence electrons. The SMILES string of the molecule is CC(C1=NN(c2ccc(Cl)cc2Cl)C(c2ccc(Cl)cc2)C1)S(=O)(=O)O. The van der Waals surface area contributed by atoms with E-state index in [0.717, 1.165) is 5.56 Å². The lowest BCUT2D eigenvalue weighted by molar-refractivity contribution is 0.479. The molecule has 0 saturated heterocycles. The summed E-state index contributed by atoms with van der Waals surface area (Å²) in [6.07, 6.45) is 0.321. The molecule has 3 rings (SSSR count). The van der Waals surface area contributed by atoms with Gasteiger partial charge in [0.25, 0.3) is 10.1 Å². The fourth-order valence-electron chi connectivity index (χ4n) is 2.79. The van der Waals surface area contributed by atoms with Crippen molar-refractivity contribution in [2.75, 3.05) is 5.01 Å². The highest BCUT2D eigenvalue weighted by molar-refractivity contribution is 7.87. The number of rotatable bonds is 4. The zero-order chi connectivity index (χ0) is 19.1. The molecule has 0 amide bonds. The van der Waals surface area contributed by atoms with E-state index in [4.69, 9.17) is 34.8 Å². The molecular formula is C17H15Cl3N2O3S. The molecule has 1 heterocycles. The molecule has 0 aliphatic carbocycles. The van der Waals surface area contributed by atoms with E-state index in [1.165, 1.54) is 6.92 Å². The molecule has 0 saturated carbocycles. The first-order valence-corrected chi connectivity index (χ1v) is 10.3. The van der Waals surface area contributed by atoms with Gasteiger partial charge in [-0.25, -0.2) is 0 Å². The highest BCUT2D eigenvalue weighted by Gasteiger charge is 2.36. The van der Waals surface area contributed by atoms with Crippen molar-refractivity contribution in [2.45, 2.75) is 24.6 Å². The Kier molecular flexibility index (Phi) is 5.51. The van der Waals surface area contributed by atoms with Crippen LogP contribution in [0.3, 0.4) is 0 Å². The van der Waals surface area contributed by atoms with Gasteiger partial charge in [-0.1, -0.05) is 46.9 Å². The van der Waals surface area contributed by atoms with E-state index in [1.54, 1.807) is 35.3 Å². The Balaban J connectivity index is 2.07. The van der Waals surface area contributed by atoms with Crippen molar-refractivity contribution >= 4 is 56.3 Å². The second kappa shape index (κ2) is 7.37. The van der Waals surface area contributed by atoms with Crippen LogP contribution in [0.1, 0.15) is 24.9 Å². The second-order valence-electron chi connectivity index (χ2n) is 5.96. The van der Waals surface area contributed by atoms with E-state index in [0.29, 0.717) is 32.9 Å². The lowest BCUT2D eigenvalue weighted by Crippen LogP contribution is -2.25. The van der Waals surface area contributed by atoms with Gasteiger partial charge < -0.3 is 0 Å². The third-order valence-corrected chi connectivity index (χ3v) is 6.22.